The lowest BCUT2D eigenvalue weighted by molar-refractivity contribution is 0.150. The van der Waals surface area contributed by atoms with Crippen molar-refractivity contribution in [2.45, 2.75) is 77.2 Å². The predicted octanol–water partition coefficient (Wildman–Crippen LogP) is 5.70. The molecule has 0 fully saturated rings. The summed E-state index contributed by atoms with van der Waals surface area (Å²) < 4.78 is 5.89. The number of hydrogen-bond acceptors (Lipinski definition) is 4. The fourth-order valence-electron chi connectivity index (χ4n) is 1.96. The number of rotatable bonds is 14. The van der Waals surface area contributed by atoms with Crippen molar-refractivity contribution in [1.29, 1.82) is 0 Å². The topological polar surface area (TPSA) is 29.5 Å². The van der Waals surface area contributed by atoms with Crippen molar-refractivity contribution in [3.63, 3.8) is 0 Å². The molecule has 0 aromatic rings. The van der Waals surface area contributed by atoms with Crippen LogP contribution in [0, 0.1) is 0 Å². The van der Waals surface area contributed by atoms with E-state index < -0.39 is 6.10 Å². The first-order valence-electron chi connectivity index (χ1n) is 7.78. The first-order chi connectivity index (χ1) is 9.70. The molecule has 0 aliphatic heterocycles. The molecule has 0 aromatic carbocycles. The molecule has 120 valence electrons. The summed E-state index contributed by atoms with van der Waals surface area (Å²) >= 11 is 8.72. The Kier molecular flexibility index (Phi) is 17.4. The van der Waals surface area contributed by atoms with Gasteiger partial charge in [0.1, 0.15) is 23.0 Å². The maximum absolute atomic E-state index is 9.52. The molecule has 0 aromatic heterocycles. The van der Waals surface area contributed by atoms with E-state index in [-0.39, 0.29) is 0 Å². The van der Waals surface area contributed by atoms with E-state index in [1.165, 1.54) is 57.8 Å². The number of thiocarbonyl (C=S) groups is 1. The molecule has 0 unspecified atom stereocenters. The predicted molar refractivity (Wildman–Crippen MR) is 103 cm³/mol. The van der Waals surface area contributed by atoms with Gasteiger partial charge < -0.3 is 8.17 Å². The quantitative estimate of drug-likeness (QED) is 0.217. The Hall–Kier alpha value is 1.09. The van der Waals surface area contributed by atoms with Crippen molar-refractivity contribution < 1.29 is 8.17 Å². The second-order valence-corrected chi connectivity index (χ2v) is 7.68. The van der Waals surface area contributed by atoms with Gasteiger partial charge in [0.05, 0.1) is 12.7 Å². The van der Waals surface area contributed by atoms with E-state index in [1.807, 2.05) is 0 Å². The lowest BCUT2D eigenvalue weighted by Crippen LogP contribution is -2.16. The van der Waals surface area contributed by atoms with Crippen LogP contribution in [0.25, 0.3) is 0 Å². The minimum atomic E-state index is -0.405. The molecule has 1 N–H and O–H groups in total. The number of aliphatic hydroxyl groups is 1. The molecule has 20 heavy (non-hydrogen) atoms. The zero-order valence-electron chi connectivity index (χ0n) is 12.6. The molecule has 0 heterocycles. The summed E-state index contributed by atoms with van der Waals surface area (Å²) in [6, 6.07) is 0. The average molecular weight is 432 g/mol. The molecule has 0 rings (SSSR count). The Labute approximate surface area is 148 Å². The highest BCUT2D eigenvalue weighted by Gasteiger charge is 2.06. The number of thioether (sulfide) groups is 1. The van der Waals surface area contributed by atoms with Crippen molar-refractivity contribution in [1.82, 2.24) is 0 Å². The zero-order chi connectivity index (χ0) is 15.1. The van der Waals surface area contributed by atoms with Crippen LogP contribution < -0.4 is 0 Å². The fraction of sp³-hybridized carbons (Fsp3) is 0.933. The van der Waals surface area contributed by atoms with Crippen molar-refractivity contribution in [3.05, 3.63) is 0 Å². The molecule has 0 radical (unpaired) electrons. The minimum absolute atomic E-state index is 0.383. The van der Waals surface area contributed by atoms with Gasteiger partial charge in [0.25, 0.3) is 0 Å². The molecule has 0 saturated carbocycles. The van der Waals surface area contributed by atoms with Gasteiger partial charge in [-0.2, -0.15) is 0 Å². The van der Waals surface area contributed by atoms with E-state index in [0.717, 1.165) is 10.6 Å². The van der Waals surface area contributed by atoms with E-state index in [9.17, 15) is 5.11 Å². The van der Waals surface area contributed by atoms with Crippen molar-refractivity contribution in [2.75, 3.05) is 12.4 Å². The molecular formula is C15H29IO2S2. The van der Waals surface area contributed by atoms with E-state index in [0.29, 0.717) is 12.4 Å². The lowest BCUT2D eigenvalue weighted by atomic mass is 10.1. The van der Waals surface area contributed by atoms with Gasteiger partial charge in [-0.1, -0.05) is 70.5 Å². The van der Waals surface area contributed by atoms with E-state index in [2.05, 4.69) is 6.92 Å². The minimum Gasteiger partial charge on any atom is -0.390 e. The Balaban J connectivity index is 3.23. The molecule has 2 nitrogen and oxygen atoms in total. The Bertz CT molecular complexity index is 228. The van der Waals surface area contributed by atoms with Gasteiger partial charge in [0.15, 0.2) is 0 Å². The average Bonchev–Trinajstić information content (AvgIpc) is 2.43. The highest BCUT2D eigenvalue weighted by Crippen LogP contribution is 2.15. The van der Waals surface area contributed by atoms with E-state index in [1.54, 1.807) is 34.8 Å². The molecule has 0 saturated heterocycles. The van der Waals surface area contributed by atoms with Crippen LogP contribution in [0.1, 0.15) is 71.1 Å². The van der Waals surface area contributed by atoms with Crippen LogP contribution in [0.4, 0.5) is 0 Å². The standard InChI is InChI=1S/C15H29IO2S2/c1-2-3-4-5-6-7-8-9-10-11-15(19)20-13-14(17)12-18-16/h14,17H,2-13H2,1H3/t14-/m1/s1. The van der Waals surface area contributed by atoms with E-state index in [4.69, 9.17) is 15.3 Å². The summed E-state index contributed by atoms with van der Waals surface area (Å²) in [5.74, 6) is 0.652. The molecule has 1 atom stereocenters. The maximum atomic E-state index is 9.52. The maximum Gasteiger partial charge on any atom is 0.109 e. The molecule has 5 heteroatoms. The first kappa shape index (κ1) is 21.1. The summed E-state index contributed by atoms with van der Waals surface area (Å²) in [7, 11) is 0. The van der Waals surface area contributed by atoms with Gasteiger partial charge >= 0.3 is 0 Å². The fourth-order valence-corrected chi connectivity index (χ4v) is 3.49. The molecule has 0 spiro atoms. The third kappa shape index (κ3) is 15.5. The van der Waals surface area contributed by atoms with Crippen LogP contribution in [-0.4, -0.2) is 27.8 Å². The summed E-state index contributed by atoms with van der Waals surface area (Å²) in [6.45, 7) is 2.64. The van der Waals surface area contributed by atoms with Crippen molar-refractivity contribution in [2.24, 2.45) is 0 Å². The Morgan fingerprint density at radius 1 is 1.10 bits per heavy atom. The van der Waals surface area contributed by atoms with Gasteiger partial charge in [-0.05, 0) is 12.8 Å². The van der Waals surface area contributed by atoms with Crippen LogP contribution in [0.15, 0.2) is 0 Å². The lowest BCUT2D eigenvalue weighted by Gasteiger charge is -2.08. The normalized spacial score (nSPS) is 12.6. The number of halogens is 1. The van der Waals surface area contributed by atoms with Crippen molar-refractivity contribution in [3.8, 4) is 0 Å². The Morgan fingerprint density at radius 2 is 1.65 bits per heavy atom. The molecule has 0 aliphatic rings. The zero-order valence-corrected chi connectivity index (χ0v) is 16.4. The second-order valence-electron chi connectivity index (χ2n) is 5.19. The van der Waals surface area contributed by atoms with Gasteiger partial charge in [0, 0.05) is 9.95 Å². The van der Waals surface area contributed by atoms with Crippen molar-refractivity contribution >= 4 is 51.2 Å². The van der Waals surface area contributed by atoms with Crippen LogP contribution in [-0.2, 0) is 3.07 Å². The first-order valence-corrected chi connectivity index (χ1v) is 10.0. The highest BCUT2D eigenvalue weighted by atomic mass is 127. The molecule has 0 aliphatic carbocycles. The van der Waals surface area contributed by atoms with Crippen LogP contribution in [0.5, 0.6) is 0 Å². The van der Waals surface area contributed by atoms with Gasteiger partial charge in [0.2, 0.25) is 0 Å². The second kappa shape index (κ2) is 16.5. The smallest absolute Gasteiger partial charge is 0.109 e. The SMILES string of the molecule is CCCCCCCCCCCC(=S)SC[C@H](O)COI. The third-order valence-corrected chi connectivity index (χ3v) is 5.17. The molecule has 0 amide bonds. The van der Waals surface area contributed by atoms with Gasteiger partial charge in [-0.25, -0.2) is 0 Å². The molecular weight excluding hydrogens is 403 g/mol. The monoisotopic (exact) mass is 432 g/mol. The Morgan fingerprint density at radius 3 is 2.20 bits per heavy atom. The number of aliphatic hydroxyl groups excluding tert-OH is 1. The largest absolute Gasteiger partial charge is 0.390 e. The summed E-state index contributed by atoms with van der Waals surface area (Å²) in [6.07, 6.45) is 12.7. The van der Waals surface area contributed by atoms with Gasteiger partial charge in [-0.3, -0.25) is 0 Å². The van der Waals surface area contributed by atoms with E-state index >= 15 is 0 Å². The highest BCUT2D eigenvalue weighted by molar-refractivity contribution is 14.1. The number of unbranched alkanes of at least 4 members (excludes halogenated alkanes) is 8. The third-order valence-electron chi connectivity index (χ3n) is 3.18. The summed E-state index contributed by atoms with van der Waals surface area (Å²) in [5, 5.41) is 9.52. The summed E-state index contributed by atoms with van der Waals surface area (Å²) in [4.78, 5) is 0. The van der Waals surface area contributed by atoms with Crippen LogP contribution >= 0.6 is 47.0 Å². The summed E-state index contributed by atoms with van der Waals surface area (Å²) in [5.41, 5.74) is 0. The molecule has 0 bridgehead atoms. The van der Waals surface area contributed by atoms with Crippen LogP contribution in [0.3, 0.4) is 0 Å². The van der Waals surface area contributed by atoms with Gasteiger partial charge in [-0.15, -0.1) is 11.8 Å². The number of hydrogen-bond donors (Lipinski definition) is 1. The van der Waals surface area contributed by atoms with Crippen LogP contribution in [0.2, 0.25) is 0 Å².